The first-order valence-electron chi connectivity index (χ1n) is 11.5. The first-order valence-corrected chi connectivity index (χ1v) is 11.5. The highest BCUT2D eigenvalue weighted by Gasteiger charge is 2.32. The predicted octanol–water partition coefficient (Wildman–Crippen LogP) is 3.78. The van der Waals surface area contributed by atoms with Crippen molar-refractivity contribution in [2.45, 2.75) is 25.7 Å². The SMILES string of the molecule is CC(=O)NC[C@H]1CN(c2ccc(-c3ccc(C(O)CNCc4ccccc4)cc3)c(F)c2)C(=O)O1. The van der Waals surface area contributed by atoms with E-state index in [1.165, 1.54) is 17.9 Å². The molecule has 3 N–H and O–H groups in total. The van der Waals surface area contributed by atoms with Crippen LogP contribution in [-0.2, 0) is 16.1 Å². The Kier molecular flexibility index (Phi) is 7.74. The summed E-state index contributed by atoms with van der Waals surface area (Å²) in [5.74, 6) is -0.685. The third-order valence-electron chi connectivity index (χ3n) is 5.83. The topological polar surface area (TPSA) is 90.9 Å². The minimum atomic E-state index is -0.688. The molecule has 182 valence electrons. The zero-order valence-corrected chi connectivity index (χ0v) is 19.4. The highest BCUT2D eigenvalue weighted by molar-refractivity contribution is 5.90. The number of anilines is 1. The van der Waals surface area contributed by atoms with Crippen molar-refractivity contribution in [1.82, 2.24) is 10.6 Å². The molecule has 0 saturated carbocycles. The number of carbonyl (C=O) groups is 2. The van der Waals surface area contributed by atoms with Crippen LogP contribution in [0, 0.1) is 5.82 Å². The Hall–Kier alpha value is -3.75. The number of nitrogens with zero attached hydrogens (tertiary/aromatic N) is 1. The minimum Gasteiger partial charge on any atom is -0.442 e. The number of aliphatic hydroxyl groups is 1. The molecule has 35 heavy (non-hydrogen) atoms. The quantitative estimate of drug-likeness (QED) is 0.436. The minimum absolute atomic E-state index is 0.206. The van der Waals surface area contributed by atoms with Crippen LogP contribution in [0.25, 0.3) is 11.1 Å². The second kappa shape index (κ2) is 11.1. The molecule has 3 aromatic rings. The fourth-order valence-corrected chi connectivity index (χ4v) is 3.95. The van der Waals surface area contributed by atoms with Gasteiger partial charge in [-0.25, -0.2) is 9.18 Å². The number of cyclic esters (lactones) is 1. The monoisotopic (exact) mass is 477 g/mol. The summed E-state index contributed by atoms with van der Waals surface area (Å²) >= 11 is 0. The molecule has 1 aliphatic rings. The van der Waals surface area contributed by atoms with Crippen LogP contribution in [0.3, 0.4) is 0 Å². The summed E-state index contributed by atoms with van der Waals surface area (Å²) in [4.78, 5) is 24.6. The molecule has 1 fully saturated rings. The van der Waals surface area contributed by atoms with E-state index in [-0.39, 0.29) is 19.0 Å². The molecule has 1 unspecified atom stereocenters. The zero-order valence-electron chi connectivity index (χ0n) is 19.4. The number of halogens is 1. The maximum atomic E-state index is 15.0. The van der Waals surface area contributed by atoms with Crippen LogP contribution in [0.4, 0.5) is 14.9 Å². The lowest BCUT2D eigenvalue weighted by molar-refractivity contribution is -0.119. The highest BCUT2D eigenvalue weighted by Crippen LogP contribution is 2.30. The molecular weight excluding hydrogens is 449 g/mol. The van der Waals surface area contributed by atoms with E-state index < -0.39 is 24.1 Å². The molecule has 0 bridgehead atoms. The lowest BCUT2D eigenvalue weighted by atomic mass is 10.0. The Balaban J connectivity index is 1.37. The Morgan fingerprint density at radius 1 is 1.14 bits per heavy atom. The number of nitrogens with one attached hydrogen (secondary N) is 2. The van der Waals surface area contributed by atoms with Gasteiger partial charge >= 0.3 is 6.09 Å². The summed E-state index contributed by atoms with van der Waals surface area (Å²) in [5.41, 5.74) is 3.31. The number of aliphatic hydroxyl groups excluding tert-OH is 1. The number of hydrogen-bond acceptors (Lipinski definition) is 5. The maximum Gasteiger partial charge on any atom is 0.414 e. The molecule has 4 rings (SSSR count). The number of amides is 2. The van der Waals surface area contributed by atoms with E-state index in [9.17, 15) is 19.1 Å². The highest BCUT2D eigenvalue weighted by atomic mass is 19.1. The van der Waals surface area contributed by atoms with Gasteiger partial charge in [-0.05, 0) is 34.9 Å². The fraction of sp³-hybridized carbons (Fsp3) is 0.259. The summed E-state index contributed by atoms with van der Waals surface area (Å²) in [5, 5.41) is 16.3. The Morgan fingerprint density at radius 2 is 1.89 bits per heavy atom. The zero-order chi connectivity index (χ0) is 24.8. The molecule has 1 aliphatic heterocycles. The van der Waals surface area contributed by atoms with Gasteiger partial charge < -0.3 is 20.5 Å². The summed E-state index contributed by atoms with van der Waals surface area (Å²) in [6.07, 6.45) is -1.76. The summed E-state index contributed by atoms with van der Waals surface area (Å²) in [7, 11) is 0. The molecule has 0 aliphatic carbocycles. The van der Waals surface area contributed by atoms with Gasteiger partial charge in [0.15, 0.2) is 0 Å². The summed E-state index contributed by atoms with van der Waals surface area (Å²) in [6.45, 7) is 2.87. The van der Waals surface area contributed by atoms with Gasteiger partial charge in [-0.15, -0.1) is 0 Å². The van der Waals surface area contributed by atoms with E-state index in [1.807, 2.05) is 30.3 Å². The van der Waals surface area contributed by atoms with Gasteiger partial charge in [0.1, 0.15) is 11.9 Å². The van der Waals surface area contributed by atoms with Crippen molar-refractivity contribution in [2.75, 3.05) is 24.5 Å². The maximum absolute atomic E-state index is 15.0. The smallest absolute Gasteiger partial charge is 0.414 e. The van der Waals surface area contributed by atoms with Crippen molar-refractivity contribution >= 4 is 17.7 Å². The van der Waals surface area contributed by atoms with Gasteiger partial charge in [0.2, 0.25) is 5.91 Å². The fourth-order valence-electron chi connectivity index (χ4n) is 3.95. The van der Waals surface area contributed by atoms with Gasteiger partial charge in [0.25, 0.3) is 0 Å². The molecule has 1 saturated heterocycles. The van der Waals surface area contributed by atoms with Crippen LogP contribution in [0.15, 0.2) is 72.8 Å². The molecular formula is C27H28FN3O4. The Labute approximate surface area is 203 Å². The molecule has 1 heterocycles. The normalized spacial score (nSPS) is 16.1. The molecule has 2 atom stereocenters. The molecule has 7 nitrogen and oxygen atoms in total. The average Bonchev–Trinajstić information content (AvgIpc) is 3.24. The molecule has 0 aromatic heterocycles. The first kappa shape index (κ1) is 24.4. The third kappa shape index (κ3) is 6.23. The van der Waals surface area contributed by atoms with Crippen LogP contribution < -0.4 is 15.5 Å². The van der Waals surface area contributed by atoms with Crippen molar-refractivity contribution in [1.29, 1.82) is 0 Å². The number of benzene rings is 3. The van der Waals surface area contributed by atoms with Gasteiger partial charge in [0, 0.05) is 25.6 Å². The predicted molar refractivity (Wildman–Crippen MR) is 131 cm³/mol. The van der Waals surface area contributed by atoms with Gasteiger partial charge in [-0.3, -0.25) is 9.69 Å². The molecule has 0 radical (unpaired) electrons. The summed E-state index contributed by atoms with van der Waals surface area (Å²) in [6, 6.07) is 21.6. The van der Waals surface area contributed by atoms with Crippen molar-refractivity contribution in [2.24, 2.45) is 0 Å². The lowest BCUT2D eigenvalue weighted by Gasteiger charge is -2.15. The van der Waals surface area contributed by atoms with Crippen LogP contribution in [0.1, 0.15) is 24.2 Å². The van der Waals surface area contributed by atoms with E-state index in [1.54, 1.807) is 36.4 Å². The Morgan fingerprint density at radius 3 is 2.57 bits per heavy atom. The molecule has 0 spiro atoms. The molecule has 2 amide bonds. The van der Waals surface area contributed by atoms with Crippen molar-refractivity contribution in [3.8, 4) is 11.1 Å². The second-order valence-corrected chi connectivity index (χ2v) is 8.47. The largest absolute Gasteiger partial charge is 0.442 e. The van der Waals surface area contributed by atoms with Crippen LogP contribution in [-0.4, -0.2) is 42.8 Å². The average molecular weight is 478 g/mol. The first-order chi connectivity index (χ1) is 16.9. The Bertz CT molecular complexity index is 1170. The van der Waals surface area contributed by atoms with E-state index in [2.05, 4.69) is 10.6 Å². The number of hydrogen-bond donors (Lipinski definition) is 3. The van der Waals surface area contributed by atoms with Crippen molar-refractivity contribution in [3.63, 3.8) is 0 Å². The molecule has 3 aromatic carbocycles. The number of carbonyl (C=O) groups excluding carboxylic acids is 2. The van der Waals surface area contributed by atoms with Crippen molar-refractivity contribution in [3.05, 3.63) is 89.7 Å². The van der Waals surface area contributed by atoms with Gasteiger partial charge in [-0.2, -0.15) is 0 Å². The molecule has 8 heteroatoms. The summed E-state index contributed by atoms with van der Waals surface area (Å²) < 4.78 is 20.2. The second-order valence-electron chi connectivity index (χ2n) is 8.47. The van der Waals surface area contributed by atoms with Crippen LogP contribution in [0.5, 0.6) is 0 Å². The van der Waals surface area contributed by atoms with Crippen molar-refractivity contribution < 1.29 is 23.8 Å². The van der Waals surface area contributed by atoms with E-state index >= 15 is 0 Å². The van der Waals surface area contributed by atoms with E-state index in [4.69, 9.17) is 4.74 Å². The number of ether oxygens (including phenoxy) is 1. The van der Waals surface area contributed by atoms with Gasteiger partial charge in [-0.1, -0.05) is 54.6 Å². The van der Waals surface area contributed by atoms with E-state index in [0.717, 1.165) is 11.1 Å². The van der Waals surface area contributed by atoms with E-state index in [0.29, 0.717) is 29.9 Å². The lowest BCUT2D eigenvalue weighted by Crippen LogP contribution is -2.33. The van der Waals surface area contributed by atoms with Crippen LogP contribution in [0.2, 0.25) is 0 Å². The number of rotatable bonds is 9. The third-order valence-corrected chi connectivity index (χ3v) is 5.83. The van der Waals surface area contributed by atoms with Crippen LogP contribution >= 0.6 is 0 Å². The van der Waals surface area contributed by atoms with Gasteiger partial charge in [0.05, 0.1) is 24.9 Å². The standard InChI is InChI=1S/C27H28FN3O4/c1-18(32)30-15-23-17-31(27(34)35-23)22-11-12-24(25(28)13-22)20-7-9-21(10-8-20)26(33)16-29-14-19-5-3-2-4-6-19/h2-13,23,26,29,33H,14-17H2,1H3,(H,30,32)/t23-,26?/m0/s1.